The second kappa shape index (κ2) is 6.70. The molecule has 1 aromatic carbocycles. The zero-order valence-electron chi connectivity index (χ0n) is 13.2. The van der Waals surface area contributed by atoms with E-state index in [-0.39, 0.29) is 11.6 Å². The maximum absolute atomic E-state index is 5.98. The van der Waals surface area contributed by atoms with Gasteiger partial charge in [0, 0.05) is 5.54 Å². The number of hydrogen-bond acceptors (Lipinski definition) is 3. The third-order valence-electron chi connectivity index (χ3n) is 4.94. The van der Waals surface area contributed by atoms with Crippen LogP contribution in [-0.2, 0) is 0 Å². The molecule has 0 bridgehead atoms. The first-order valence-electron chi connectivity index (χ1n) is 7.80. The fourth-order valence-electron chi connectivity index (χ4n) is 3.75. The Hall–Kier alpha value is -0.900. The van der Waals surface area contributed by atoms with Crippen molar-refractivity contribution in [3.63, 3.8) is 0 Å². The third kappa shape index (κ3) is 3.05. The van der Waals surface area contributed by atoms with Crippen LogP contribution in [0.1, 0.15) is 55.7 Å². The number of likely N-dealkylation sites (N-methyl/N-ethyl adjacent to an activating group) is 1. The molecule has 0 heterocycles. The smallest absolute Gasteiger partial charge is 0.0643 e. The van der Waals surface area contributed by atoms with Gasteiger partial charge in [-0.15, -0.1) is 0 Å². The summed E-state index contributed by atoms with van der Waals surface area (Å²) < 4.78 is 0. The quantitative estimate of drug-likeness (QED) is 0.504. The van der Waals surface area contributed by atoms with Gasteiger partial charge < -0.3 is 4.90 Å². The molecule has 3 N–H and O–H groups in total. The van der Waals surface area contributed by atoms with Crippen LogP contribution in [0.5, 0.6) is 0 Å². The van der Waals surface area contributed by atoms with Crippen molar-refractivity contribution in [1.82, 2.24) is 10.3 Å². The van der Waals surface area contributed by atoms with Gasteiger partial charge in [-0.05, 0) is 39.4 Å². The minimum atomic E-state index is 0.124. The SMILES string of the molecule is Cc1cccc(C(NN)C2(N(C)C)CCCCCC2)c1. The Morgan fingerprint density at radius 3 is 2.30 bits per heavy atom. The van der Waals surface area contributed by atoms with Gasteiger partial charge in [-0.1, -0.05) is 55.5 Å². The summed E-state index contributed by atoms with van der Waals surface area (Å²) in [5.41, 5.74) is 5.85. The fraction of sp³-hybridized carbons (Fsp3) is 0.647. The average molecular weight is 275 g/mol. The normalized spacial score (nSPS) is 20.6. The number of hydrogen-bond donors (Lipinski definition) is 2. The summed E-state index contributed by atoms with van der Waals surface area (Å²) in [4.78, 5) is 2.39. The first-order chi connectivity index (χ1) is 9.60. The number of benzene rings is 1. The van der Waals surface area contributed by atoms with Gasteiger partial charge in [0.1, 0.15) is 0 Å². The van der Waals surface area contributed by atoms with Crippen molar-refractivity contribution in [2.24, 2.45) is 5.84 Å². The van der Waals surface area contributed by atoms with Crippen LogP contribution in [0, 0.1) is 6.92 Å². The molecule has 1 unspecified atom stereocenters. The number of aryl methyl sites for hydroxylation is 1. The molecular formula is C17H29N3. The molecule has 112 valence electrons. The monoisotopic (exact) mass is 275 g/mol. The molecule has 1 atom stereocenters. The first-order valence-corrected chi connectivity index (χ1v) is 7.80. The van der Waals surface area contributed by atoms with Gasteiger partial charge in [0.05, 0.1) is 6.04 Å². The van der Waals surface area contributed by atoms with E-state index in [0.29, 0.717) is 0 Å². The minimum Gasteiger partial charge on any atom is -0.302 e. The molecule has 1 fully saturated rings. The predicted octanol–water partition coefficient (Wildman–Crippen LogP) is 3.15. The van der Waals surface area contributed by atoms with Crippen LogP contribution in [0.3, 0.4) is 0 Å². The van der Waals surface area contributed by atoms with Crippen LogP contribution in [0.4, 0.5) is 0 Å². The molecule has 1 saturated carbocycles. The second-order valence-corrected chi connectivity index (χ2v) is 6.43. The second-order valence-electron chi connectivity index (χ2n) is 6.43. The van der Waals surface area contributed by atoms with E-state index in [4.69, 9.17) is 5.84 Å². The highest BCUT2D eigenvalue weighted by Gasteiger charge is 2.41. The molecule has 3 nitrogen and oxygen atoms in total. The average Bonchev–Trinajstić information content (AvgIpc) is 2.67. The topological polar surface area (TPSA) is 41.3 Å². The summed E-state index contributed by atoms with van der Waals surface area (Å²) in [5, 5.41) is 0. The Kier molecular flexibility index (Phi) is 5.19. The van der Waals surface area contributed by atoms with Crippen LogP contribution >= 0.6 is 0 Å². The number of nitrogens with two attached hydrogens (primary N) is 1. The molecule has 0 aliphatic heterocycles. The van der Waals surface area contributed by atoms with E-state index in [9.17, 15) is 0 Å². The fourth-order valence-corrected chi connectivity index (χ4v) is 3.75. The lowest BCUT2D eigenvalue weighted by molar-refractivity contribution is 0.0800. The van der Waals surface area contributed by atoms with Crippen molar-refractivity contribution in [3.8, 4) is 0 Å². The number of nitrogens with zero attached hydrogens (tertiary/aromatic N) is 1. The van der Waals surface area contributed by atoms with Gasteiger partial charge >= 0.3 is 0 Å². The first kappa shape index (κ1) is 15.5. The summed E-state index contributed by atoms with van der Waals surface area (Å²) in [6, 6.07) is 8.94. The van der Waals surface area contributed by atoms with Crippen molar-refractivity contribution >= 4 is 0 Å². The van der Waals surface area contributed by atoms with Crippen molar-refractivity contribution in [2.75, 3.05) is 14.1 Å². The van der Waals surface area contributed by atoms with E-state index in [0.717, 1.165) is 0 Å². The number of hydrazine groups is 1. The highest BCUT2D eigenvalue weighted by atomic mass is 15.3. The molecule has 1 aromatic rings. The van der Waals surface area contributed by atoms with Crippen LogP contribution < -0.4 is 11.3 Å². The summed E-state index contributed by atoms with van der Waals surface area (Å²) in [6.07, 6.45) is 7.71. The Balaban J connectivity index is 2.38. The third-order valence-corrected chi connectivity index (χ3v) is 4.94. The van der Waals surface area contributed by atoms with E-state index in [1.54, 1.807) is 0 Å². The lowest BCUT2D eigenvalue weighted by atomic mass is 9.78. The van der Waals surface area contributed by atoms with Crippen molar-refractivity contribution in [1.29, 1.82) is 0 Å². The lowest BCUT2D eigenvalue weighted by Gasteiger charge is -2.46. The summed E-state index contributed by atoms with van der Waals surface area (Å²) in [5.74, 6) is 5.98. The molecule has 0 radical (unpaired) electrons. The van der Waals surface area contributed by atoms with Crippen LogP contribution in [0.15, 0.2) is 24.3 Å². The van der Waals surface area contributed by atoms with Gasteiger partial charge in [0.2, 0.25) is 0 Å². The maximum Gasteiger partial charge on any atom is 0.0643 e. The van der Waals surface area contributed by atoms with Gasteiger partial charge in [-0.25, -0.2) is 0 Å². The zero-order chi connectivity index (χ0) is 14.6. The standard InChI is InChI=1S/C17H29N3/c1-14-9-8-10-15(13-14)16(19-18)17(20(2)3)11-6-4-5-7-12-17/h8-10,13,16,19H,4-7,11-12,18H2,1-3H3. The van der Waals surface area contributed by atoms with Crippen LogP contribution in [-0.4, -0.2) is 24.5 Å². The van der Waals surface area contributed by atoms with Crippen molar-refractivity contribution in [2.45, 2.75) is 57.0 Å². The molecule has 0 spiro atoms. The van der Waals surface area contributed by atoms with E-state index in [1.165, 1.54) is 49.7 Å². The molecule has 20 heavy (non-hydrogen) atoms. The number of rotatable bonds is 4. The van der Waals surface area contributed by atoms with Gasteiger partial charge in [-0.3, -0.25) is 11.3 Å². The summed E-state index contributed by atoms with van der Waals surface area (Å²) in [6.45, 7) is 2.15. The molecule has 1 aliphatic rings. The van der Waals surface area contributed by atoms with Gasteiger partial charge in [0.25, 0.3) is 0 Å². The molecule has 3 heteroatoms. The summed E-state index contributed by atoms with van der Waals surface area (Å²) in [7, 11) is 4.40. The van der Waals surface area contributed by atoms with E-state index in [1.807, 2.05) is 0 Å². The van der Waals surface area contributed by atoms with E-state index in [2.05, 4.69) is 55.6 Å². The van der Waals surface area contributed by atoms with Crippen LogP contribution in [0.25, 0.3) is 0 Å². The Bertz CT molecular complexity index is 420. The Morgan fingerprint density at radius 2 is 1.80 bits per heavy atom. The Labute approximate surface area is 123 Å². The maximum atomic E-state index is 5.98. The number of nitrogens with one attached hydrogen (secondary N) is 1. The van der Waals surface area contributed by atoms with Gasteiger partial charge in [0.15, 0.2) is 0 Å². The molecule has 2 rings (SSSR count). The summed E-state index contributed by atoms with van der Waals surface area (Å²) >= 11 is 0. The van der Waals surface area contributed by atoms with Gasteiger partial charge in [-0.2, -0.15) is 0 Å². The molecule has 0 amide bonds. The van der Waals surface area contributed by atoms with E-state index >= 15 is 0 Å². The largest absolute Gasteiger partial charge is 0.302 e. The minimum absolute atomic E-state index is 0.124. The van der Waals surface area contributed by atoms with Crippen LogP contribution in [0.2, 0.25) is 0 Å². The molecule has 1 aliphatic carbocycles. The van der Waals surface area contributed by atoms with E-state index < -0.39 is 0 Å². The molecule has 0 saturated heterocycles. The van der Waals surface area contributed by atoms with Crippen molar-refractivity contribution < 1.29 is 0 Å². The lowest BCUT2D eigenvalue weighted by Crippen LogP contribution is -2.55. The zero-order valence-corrected chi connectivity index (χ0v) is 13.2. The predicted molar refractivity (Wildman–Crippen MR) is 85.4 cm³/mol. The molecular weight excluding hydrogens is 246 g/mol. The Morgan fingerprint density at radius 1 is 1.15 bits per heavy atom. The highest BCUT2D eigenvalue weighted by Crippen LogP contribution is 2.40. The highest BCUT2D eigenvalue weighted by molar-refractivity contribution is 5.28. The van der Waals surface area contributed by atoms with Crippen molar-refractivity contribution in [3.05, 3.63) is 35.4 Å². The molecule has 0 aromatic heterocycles.